The van der Waals surface area contributed by atoms with Gasteiger partial charge in [-0.2, -0.15) is 0 Å². The quantitative estimate of drug-likeness (QED) is 0.352. The van der Waals surface area contributed by atoms with E-state index in [0.29, 0.717) is 6.54 Å². The van der Waals surface area contributed by atoms with Crippen LogP contribution in [0.5, 0.6) is 0 Å². The Morgan fingerprint density at radius 3 is 2.60 bits per heavy atom. The first kappa shape index (κ1) is 19.0. The highest BCUT2D eigenvalue weighted by atomic mass is 127. The van der Waals surface area contributed by atoms with Gasteiger partial charge in [-0.05, 0) is 12.5 Å². The molecule has 0 unspecified atom stereocenters. The molecule has 20 heavy (non-hydrogen) atoms. The summed E-state index contributed by atoms with van der Waals surface area (Å²) in [5, 5.41) is 6.53. The fraction of sp³-hybridized carbons (Fsp3) is 0.438. The number of nitrogens with one attached hydrogen (secondary N) is 2. The molecule has 2 N–H and O–H groups in total. The fourth-order valence-corrected chi connectivity index (χ4v) is 1.86. The van der Waals surface area contributed by atoms with Crippen molar-refractivity contribution in [2.24, 2.45) is 4.99 Å². The third-order valence-electron chi connectivity index (χ3n) is 3.13. The third-order valence-corrected chi connectivity index (χ3v) is 3.13. The molecule has 0 saturated carbocycles. The van der Waals surface area contributed by atoms with E-state index in [0.717, 1.165) is 12.5 Å². The van der Waals surface area contributed by atoms with Gasteiger partial charge in [0.15, 0.2) is 5.96 Å². The van der Waals surface area contributed by atoms with Gasteiger partial charge >= 0.3 is 0 Å². The van der Waals surface area contributed by atoms with Crippen LogP contribution in [-0.4, -0.2) is 26.1 Å². The lowest BCUT2D eigenvalue weighted by Gasteiger charge is -2.27. The van der Waals surface area contributed by atoms with E-state index < -0.39 is 0 Å². The minimum atomic E-state index is 0. The van der Waals surface area contributed by atoms with Crippen molar-refractivity contribution in [3.05, 3.63) is 48.0 Å². The number of aryl methyl sites for hydroxylation is 1. The maximum Gasteiger partial charge on any atom is 0.191 e. The maximum atomic E-state index is 4.19. The summed E-state index contributed by atoms with van der Waals surface area (Å²) >= 11 is 0. The van der Waals surface area contributed by atoms with Crippen LogP contribution in [0.4, 0.5) is 0 Å². The molecule has 0 aliphatic rings. The Labute approximate surface area is 140 Å². The van der Waals surface area contributed by atoms with Gasteiger partial charge < -0.3 is 10.6 Å². The molecule has 1 rings (SSSR count). The van der Waals surface area contributed by atoms with Crippen molar-refractivity contribution in [2.45, 2.75) is 26.2 Å². The molecule has 112 valence electrons. The van der Waals surface area contributed by atoms with Crippen LogP contribution < -0.4 is 10.6 Å². The van der Waals surface area contributed by atoms with Crippen LogP contribution in [0.2, 0.25) is 0 Å². The number of halogens is 1. The van der Waals surface area contributed by atoms with Crippen LogP contribution in [-0.2, 0) is 5.41 Å². The summed E-state index contributed by atoms with van der Waals surface area (Å²) < 4.78 is 0. The van der Waals surface area contributed by atoms with E-state index in [1.54, 1.807) is 7.05 Å². The standard InChI is InChI=1S/C16H25N3.HI/c1-6-10-18-15(17-5)19-12-16(3,4)14-9-7-8-13(2)11-14;/h6-9,11H,1,10,12H2,2-5H3,(H2,17,18,19);1H. The first-order valence-corrected chi connectivity index (χ1v) is 6.62. The predicted molar refractivity (Wildman–Crippen MR) is 99.2 cm³/mol. The minimum Gasteiger partial charge on any atom is -0.356 e. The van der Waals surface area contributed by atoms with Crippen molar-refractivity contribution >= 4 is 29.9 Å². The Hall–Kier alpha value is -1.04. The Bertz CT molecular complexity index is 453. The van der Waals surface area contributed by atoms with Gasteiger partial charge in [0.05, 0.1) is 0 Å². The largest absolute Gasteiger partial charge is 0.356 e. The summed E-state index contributed by atoms with van der Waals surface area (Å²) in [6.45, 7) is 11.8. The summed E-state index contributed by atoms with van der Waals surface area (Å²) in [5.74, 6) is 0.806. The van der Waals surface area contributed by atoms with Crippen molar-refractivity contribution < 1.29 is 0 Å². The molecule has 0 atom stereocenters. The lowest BCUT2D eigenvalue weighted by atomic mass is 9.84. The van der Waals surface area contributed by atoms with Crippen molar-refractivity contribution in [3.8, 4) is 0 Å². The molecule has 0 spiro atoms. The molecule has 1 aromatic carbocycles. The minimum absolute atomic E-state index is 0. The van der Waals surface area contributed by atoms with Crippen molar-refractivity contribution in [1.82, 2.24) is 10.6 Å². The number of aliphatic imine (C=N–C) groups is 1. The molecule has 1 aromatic rings. The molecule has 0 heterocycles. The maximum absolute atomic E-state index is 4.19. The zero-order valence-electron chi connectivity index (χ0n) is 12.9. The SMILES string of the molecule is C=CCNC(=NC)NCC(C)(C)c1cccc(C)c1.I. The number of nitrogens with zero attached hydrogens (tertiary/aromatic N) is 1. The molecular formula is C16H26IN3. The highest BCUT2D eigenvalue weighted by molar-refractivity contribution is 14.0. The van der Waals surface area contributed by atoms with E-state index in [2.05, 4.69) is 67.2 Å². The van der Waals surface area contributed by atoms with Crippen LogP contribution in [0, 0.1) is 6.92 Å². The summed E-state index contributed by atoms with van der Waals surface area (Å²) in [6.07, 6.45) is 1.82. The van der Waals surface area contributed by atoms with Gasteiger partial charge in [0, 0.05) is 25.6 Å². The highest BCUT2D eigenvalue weighted by Crippen LogP contribution is 2.22. The Morgan fingerprint density at radius 1 is 1.35 bits per heavy atom. The van der Waals surface area contributed by atoms with Crippen LogP contribution in [0.3, 0.4) is 0 Å². The van der Waals surface area contributed by atoms with E-state index in [1.165, 1.54) is 11.1 Å². The summed E-state index contributed by atoms with van der Waals surface area (Å²) in [7, 11) is 1.78. The lowest BCUT2D eigenvalue weighted by Crippen LogP contribution is -2.43. The molecule has 0 bridgehead atoms. The van der Waals surface area contributed by atoms with Gasteiger partial charge in [0.2, 0.25) is 0 Å². The fourth-order valence-electron chi connectivity index (χ4n) is 1.86. The first-order chi connectivity index (χ1) is 8.99. The molecule has 4 heteroatoms. The van der Waals surface area contributed by atoms with Crippen LogP contribution >= 0.6 is 24.0 Å². The van der Waals surface area contributed by atoms with Gasteiger partial charge in [-0.1, -0.05) is 49.8 Å². The molecule has 0 saturated heterocycles. The number of rotatable bonds is 5. The topological polar surface area (TPSA) is 36.4 Å². The van der Waals surface area contributed by atoms with E-state index in [-0.39, 0.29) is 29.4 Å². The molecule has 3 nitrogen and oxygen atoms in total. The molecular weight excluding hydrogens is 361 g/mol. The van der Waals surface area contributed by atoms with Gasteiger partial charge in [0.1, 0.15) is 0 Å². The number of guanidine groups is 1. The van der Waals surface area contributed by atoms with Crippen LogP contribution in [0.1, 0.15) is 25.0 Å². The van der Waals surface area contributed by atoms with Gasteiger partial charge in [-0.15, -0.1) is 30.6 Å². The van der Waals surface area contributed by atoms with Gasteiger partial charge in [-0.3, -0.25) is 4.99 Å². The summed E-state index contributed by atoms with van der Waals surface area (Å²) in [5.41, 5.74) is 2.68. The molecule has 0 aromatic heterocycles. The molecule has 0 radical (unpaired) electrons. The van der Waals surface area contributed by atoms with Crippen molar-refractivity contribution in [2.75, 3.05) is 20.1 Å². The van der Waals surface area contributed by atoms with E-state index in [4.69, 9.17) is 0 Å². The first-order valence-electron chi connectivity index (χ1n) is 6.62. The predicted octanol–water partition coefficient (Wildman–Crippen LogP) is 3.24. The van der Waals surface area contributed by atoms with Gasteiger partial charge in [0.25, 0.3) is 0 Å². The Balaban J connectivity index is 0.00000361. The average molecular weight is 387 g/mol. The number of hydrogen-bond acceptors (Lipinski definition) is 1. The second kappa shape index (κ2) is 9.00. The second-order valence-corrected chi connectivity index (χ2v) is 5.35. The van der Waals surface area contributed by atoms with Crippen molar-refractivity contribution in [3.63, 3.8) is 0 Å². The Kier molecular flexibility index (Phi) is 8.53. The van der Waals surface area contributed by atoms with E-state index >= 15 is 0 Å². The zero-order valence-corrected chi connectivity index (χ0v) is 15.2. The van der Waals surface area contributed by atoms with Crippen molar-refractivity contribution in [1.29, 1.82) is 0 Å². The van der Waals surface area contributed by atoms with E-state index in [1.807, 2.05) is 6.08 Å². The molecule has 0 aliphatic carbocycles. The zero-order chi connectivity index (χ0) is 14.3. The average Bonchev–Trinajstić information content (AvgIpc) is 2.39. The number of hydrogen-bond donors (Lipinski definition) is 2. The highest BCUT2D eigenvalue weighted by Gasteiger charge is 2.20. The normalized spacial score (nSPS) is 11.5. The number of benzene rings is 1. The van der Waals surface area contributed by atoms with Crippen LogP contribution in [0.15, 0.2) is 41.9 Å². The molecule has 0 amide bonds. The van der Waals surface area contributed by atoms with E-state index in [9.17, 15) is 0 Å². The van der Waals surface area contributed by atoms with Crippen LogP contribution in [0.25, 0.3) is 0 Å². The van der Waals surface area contributed by atoms with Gasteiger partial charge in [-0.25, -0.2) is 0 Å². The monoisotopic (exact) mass is 387 g/mol. The Morgan fingerprint density at radius 2 is 2.05 bits per heavy atom. The third kappa shape index (κ3) is 5.94. The second-order valence-electron chi connectivity index (χ2n) is 5.35. The lowest BCUT2D eigenvalue weighted by molar-refractivity contribution is 0.509. The molecule has 0 aliphatic heterocycles. The summed E-state index contributed by atoms with van der Waals surface area (Å²) in [4.78, 5) is 4.19. The smallest absolute Gasteiger partial charge is 0.191 e. The summed E-state index contributed by atoms with van der Waals surface area (Å²) in [6, 6.07) is 8.64. The molecule has 0 fully saturated rings.